The van der Waals surface area contributed by atoms with E-state index < -0.39 is 0 Å². The first-order valence-electron chi connectivity index (χ1n) is 4.90. The molecule has 0 spiro atoms. The lowest BCUT2D eigenvalue weighted by Gasteiger charge is -2.23. The highest BCUT2D eigenvalue weighted by Gasteiger charge is 2.25. The van der Waals surface area contributed by atoms with Crippen molar-refractivity contribution in [2.24, 2.45) is 11.8 Å². The van der Waals surface area contributed by atoms with Crippen LogP contribution in [0.2, 0.25) is 0 Å². The van der Waals surface area contributed by atoms with Crippen LogP contribution in [0.5, 0.6) is 0 Å². The Morgan fingerprint density at radius 3 is 2.54 bits per heavy atom. The van der Waals surface area contributed by atoms with Crippen LogP contribution >= 0.6 is 0 Å². The average molecular weight is 180 g/mol. The van der Waals surface area contributed by atoms with Gasteiger partial charge in [-0.15, -0.1) is 12.3 Å². The van der Waals surface area contributed by atoms with Gasteiger partial charge in [0.15, 0.2) is 0 Å². The van der Waals surface area contributed by atoms with Gasteiger partial charge in [0.2, 0.25) is 0 Å². The third-order valence-corrected chi connectivity index (χ3v) is 2.58. The van der Waals surface area contributed by atoms with Crippen molar-refractivity contribution in [2.75, 3.05) is 6.61 Å². The topological polar surface area (TPSA) is 26.3 Å². The predicted molar refractivity (Wildman–Crippen MR) is 50.9 cm³/mol. The van der Waals surface area contributed by atoms with Gasteiger partial charge >= 0.3 is 5.97 Å². The summed E-state index contributed by atoms with van der Waals surface area (Å²) in [4.78, 5) is 11.3. The number of terminal acetylenes is 1. The Morgan fingerprint density at radius 1 is 1.46 bits per heavy atom. The Balaban J connectivity index is 2.33. The number of hydrogen-bond donors (Lipinski definition) is 0. The minimum Gasteiger partial charge on any atom is -0.466 e. The fourth-order valence-corrected chi connectivity index (χ4v) is 1.76. The molecule has 0 aliphatic heterocycles. The van der Waals surface area contributed by atoms with Gasteiger partial charge in [-0.25, -0.2) is 0 Å². The second-order valence-corrected chi connectivity index (χ2v) is 3.47. The highest BCUT2D eigenvalue weighted by molar-refractivity contribution is 5.72. The first-order chi connectivity index (χ1) is 6.27. The van der Waals surface area contributed by atoms with Crippen molar-refractivity contribution in [3.8, 4) is 12.3 Å². The molecule has 0 aromatic carbocycles. The second kappa shape index (κ2) is 4.91. The Morgan fingerprint density at radius 2 is 2.08 bits per heavy atom. The largest absolute Gasteiger partial charge is 0.466 e. The molecule has 0 radical (unpaired) electrons. The summed E-state index contributed by atoms with van der Waals surface area (Å²) in [6.45, 7) is 2.32. The van der Waals surface area contributed by atoms with E-state index in [0.717, 1.165) is 25.7 Å². The lowest BCUT2D eigenvalue weighted by atomic mass is 9.82. The van der Waals surface area contributed by atoms with E-state index in [1.807, 2.05) is 6.92 Å². The van der Waals surface area contributed by atoms with Gasteiger partial charge in [-0.05, 0) is 32.6 Å². The first kappa shape index (κ1) is 10.1. The zero-order valence-corrected chi connectivity index (χ0v) is 8.08. The molecular weight excluding hydrogens is 164 g/mol. The Labute approximate surface area is 79.7 Å². The molecule has 1 aliphatic carbocycles. The highest BCUT2D eigenvalue weighted by atomic mass is 16.5. The zero-order valence-electron chi connectivity index (χ0n) is 8.08. The van der Waals surface area contributed by atoms with E-state index >= 15 is 0 Å². The van der Waals surface area contributed by atoms with E-state index in [1.54, 1.807) is 0 Å². The average Bonchev–Trinajstić information content (AvgIpc) is 2.18. The molecule has 0 N–H and O–H groups in total. The Bertz CT molecular complexity index is 207. The molecule has 1 fully saturated rings. The van der Waals surface area contributed by atoms with Crippen molar-refractivity contribution < 1.29 is 9.53 Å². The SMILES string of the molecule is C#CC1CCC(C(=O)OCC)CC1. The number of carbonyl (C=O) groups is 1. The molecule has 0 unspecified atom stereocenters. The zero-order chi connectivity index (χ0) is 9.68. The standard InChI is InChI=1S/C11H16O2/c1-3-9-5-7-10(8-6-9)11(12)13-4-2/h1,9-10H,4-8H2,2H3. The molecule has 72 valence electrons. The van der Waals surface area contributed by atoms with Gasteiger partial charge in [-0.3, -0.25) is 4.79 Å². The summed E-state index contributed by atoms with van der Waals surface area (Å²) in [5.41, 5.74) is 0. The molecule has 0 aromatic heterocycles. The van der Waals surface area contributed by atoms with Crippen LogP contribution in [0.4, 0.5) is 0 Å². The molecule has 0 atom stereocenters. The van der Waals surface area contributed by atoms with E-state index in [9.17, 15) is 4.79 Å². The second-order valence-electron chi connectivity index (χ2n) is 3.47. The van der Waals surface area contributed by atoms with E-state index in [0.29, 0.717) is 12.5 Å². The molecule has 1 saturated carbocycles. The number of hydrogen-bond acceptors (Lipinski definition) is 2. The summed E-state index contributed by atoms with van der Waals surface area (Å²) in [7, 11) is 0. The highest BCUT2D eigenvalue weighted by Crippen LogP contribution is 2.28. The number of rotatable bonds is 2. The molecule has 0 aromatic rings. The number of carbonyl (C=O) groups excluding carboxylic acids is 1. The van der Waals surface area contributed by atoms with Gasteiger partial charge in [0.05, 0.1) is 12.5 Å². The smallest absolute Gasteiger partial charge is 0.308 e. The normalized spacial score (nSPS) is 27.7. The van der Waals surface area contributed by atoms with Gasteiger partial charge in [-0.1, -0.05) is 0 Å². The van der Waals surface area contributed by atoms with Gasteiger partial charge in [0, 0.05) is 5.92 Å². The quantitative estimate of drug-likeness (QED) is 0.480. The first-order valence-corrected chi connectivity index (χ1v) is 4.90. The predicted octanol–water partition coefficient (Wildman–Crippen LogP) is 1.99. The minimum atomic E-state index is -0.0435. The fraction of sp³-hybridized carbons (Fsp3) is 0.727. The van der Waals surface area contributed by atoms with Crippen LogP contribution in [0.1, 0.15) is 32.6 Å². The molecule has 1 rings (SSSR count). The lowest BCUT2D eigenvalue weighted by Crippen LogP contribution is -2.23. The number of esters is 1. The summed E-state index contributed by atoms with van der Waals surface area (Å²) in [5, 5.41) is 0. The van der Waals surface area contributed by atoms with Crippen LogP contribution in [0.3, 0.4) is 0 Å². The van der Waals surface area contributed by atoms with E-state index in [2.05, 4.69) is 5.92 Å². The van der Waals surface area contributed by atoms with E-state index in [-0.39, 0.29) is 11.9 Å². The maximum atomic E-state index is 11.3. The minimum absolute atomic E-state index is 0.0435. The maximum absolute atomic E-state index is 11.3. The molecule has 0 bridgehead atoms. The van der Waals surface area contributed by atoms with Gasteiger partial charge in [0.1, 0.15) is 0 Å². The summed E-state index contributed by atoms with van der Waals surface area (Å²) >= 11 is 0. The van der Waals surface area contributed by atoms with Crippen LogP contribution in [0.25, 0.3) is 0 Å². The third-order valence-electron chi connectivity index (χ3n) is 2.58. The van der Waals surface area contributed by atoms with Crippen molar-refractivity contribution in [1.29, 1.82) is 0 Å². The molecule has 0 amide bonds. The molecule has 0 saturated heterocycles. The molecule has 2 nitrogen and oxygen atoms in total. The van der Waals surface area contributed by atoms with Crippen LogP contribution in [0, 0.1) is 24.2 Å². The Kier molecular flexibility index (Phi) is 3.82. The molecular formula is C11H16O2. The van der Waals surface area contributed by atoms with Crippen molar-refractivity contribution in [2.45, 2.75) is 32.6 Å². The Hall–Kier alpha value is -0.970. The van der Waals surface area contributed by atoms with E-state index in [1.165, 1.54) is 0 Å². The molecule has 13 heavy (non-hydrogen) atoms. The van der Waals surface area contributed by atoms with Crippen molar-refractivity contribution in [1.82, 2.24) is 0 Å². The van der Waals surface area contributed by atoms with Crippen molar-refractivity contribution in [3.63, 3.8) is 0 Å². The van der Waals surface area contributed by atoms with Crippen molar-refractivity contribution in [3.05, 3.63) is 0 Å². The summed E-state index contributed by atoms with van der Waals surface area (Å²) in [6, 6.07) is 0. The number of ether oxygens (including phenoxy) is 1. The molecule has 2 heteroatoms. The van der Waals surface area contributed by atoms with Crippen LogP contribution in [-0.2, 0) is 9.53 Å². The summed E-state index contributed by atoms with van der Waals surface area (Å²) < 4.78 is 4.96. The van der Waals surface area contributed by atoms with E-state index in [4.69, 9.17) is 11.2 Å². The van der Waals surface area contributed by atoms with Gasteiger partial charge < -0.3 is 4.74 Å². The van der Waals surface area contributed by atoms with Crippen molar-refractivity contribution >= 4 is 5.97 Å². The maximum Gasteiger partial charge on any atom is 0.308 e. The van der Waals surface area contributed by atoms with Gasteiger partial charge in [0.25, 0.3) is 0 Å². The molecule has 0 heterocycles. The van der Waals surface area contributed by atoms with Crippen LogP contribution in [0.15, 0.2) is 0 Å². The third kappa shape index (κ3) is 2.77. The van der Waals surface area contributed by atoms with Crippen LogP contribution in [-0.4, -0.2) is 12.6 Å². The summed E-state index contributed by atoms with van der Waals surface area (Å²) in [6.07, 6.45) is 9.05. The van der Waals surface area contributed by atoms with Crippen LogP contribution < -0.4 is 0 Å². The lowest BCUT2D eigenvalue weighted by molar-refractivity contribution is -0.149. The summed E-state index contributed by atoms with van der Waals surface area (Å²) in [5.74, 6) is 3.18. The molecule has 1 aliphatic rings. The monoisotopic (exact) mass is 180 g/mol. The van der Waals surface area contributed by atoms with Gasteiger partial charge in [-0.2, -0.15) is 0 Å². The fourth-order valence-electron chi connectivity index (χ4n) is 1.76.